The molecule has 6 heteroatoms. The molecule has 0 saturated carbocycles. The molecule has 4 rings (SSSR count). The molecule has 0 bridgehead atoms. The van der Waals surface area contributed by atoms with Crippen LogP contribution in [-0.2, 0) is 11.3 Å². The van der Waals surface area contributed by atoms with Crippen molar-refractivity contribution in [2.45, 2.75) is 26.3 Å². The Kier molecular flexibility index (Phi) is 5.10. The zero-order chi connectivity index (χ0) is 19.5. The third-order valence-corrected chi connectivity index (χ3v) is 5.35. The summed E-state index contributed by atoms with van der Waals surface area (Å²) >= 11 is 0. The highest BCUT2D eigenvalue weighted by atomic mass is 16.2. The van der Waals surface area contributed by atoms with Crippen LogP contribution in [-0.4, -0.2) is 28.5 Å². The van der Waals surface area contributed by atoms with Crippen molar-refractivity contribution in [2.24, 2.45) is 5.92 Å². The molecule has 28 heavy (non-hydrogen) atoms. The molecule has 1 saturated heterocycles. The average molecular weight is 376 g/mol. The number of hydrogen-bond acceptors (Lipinski definition) is 4. The third-order valence-electron chi connectivity index (χ3n) is 5.35. The van der Waals surface area contributed by atoms with Crippen LogP contribution < -0.4 is 15.8 Å². The van der Waals surface area contributed by atoms with Gasteiger partial charge in [0.05, 0.1) is 17.2 Å². The monoisotopic (exact) mass is 376 g/mol. The van der Waals surface area contributed by atoms with Gasteiger partial charge >= 0.3 is 0 Å². The van der Waals surface area contributed by atoms with E-state index in [9.17, 15) is 9.59 Å². The summed E-state index contributed by atoms with van der Waals surface area (Å²) in [5.74, 6) is 0.556. The molecule has 0 radical (unpaired) electrons. The maximum absolute atomic E-state index is 12.5. The fourth-order valence-electron chi connectivity index (χ4n) is 3.64. The molecule has 1 fully saturated rings. The van der Waals surface area contributed by atoms with E-state index in [1.54, 1.807) is 6.07 Å². The van der Waals surface area contributed by atoms with Crippen molar-refractivity contribution in [2.75, 3.05) is 23.3 Å². The lowest BCUT2D eigenvalue weighted by molar-refractivity contribution is -0.116. The van der Waals surface area contributed by atoms with Crippen molar-refractivity contribution in [3.63, 3.8) is 0 Å². The van der Waals surface area contributed by atoms with Gasteiger partial charge in [0.1, 0.15) is 6.54 Å². The standard InChI is InChI=1S/C22H24N4O2/c1-16-10-12-25(13-11-16)18-8-6-17(7-9-18)24-21(27)15-26-20-5-3-2-4-19(20)23-14-22(26)28/h2-9,14,16H,10-13,15H2,1H3,(H,24,27). The molecular weight excluding hydrogens is 352 g/mol. The van der Waals surface area contributed by atoms with Gasteiger partial charge in [0.2, 0.25) is 5.91 Å². The predicted molar refractivity (Wildman–Crippen MR) is 112 cm³/mol. The summed E-state index contributed by atoms with van der Waals surface area (Å²) < 4.78 is 1.45. The minimum atomic E-state index is -0.288. The Morgan fingerprint density at radius 3 is 2.57 bits per heavy atom. The van der Waals surface area contributed by atoms with Gasteiger partial charge in [-0.2, -0.15) is 0 Å². The van der Waals surface area contributed by atoms with Gasteiger partial charge in [-0.1, -0.05) is 19.1 Å². The van der Waals surface area contributed by atoms with E-state index in [0.717, 1.165) is 24.7 Å². The number of carbonyl (C=O) groups excluding carboxylic acids is 1. The summed E-state index contributed by atoms with van der Waals surface area (Å²) in [4.78, 5) is 31.2. The summed E-state index contributed by atoms with van der Waals surface area (Å²) in [5.41, 5.74) is 2.96. The van der Waals surface area contributed by atoms with Crippen molar-refractivity contribution < 1.29 is 4.79 Å². The first-order valence-electron chi connectivity index (χ1n) is 9.69. The molecule has 2 heterocycles. The van der Waals surface area contributed by atoms with Crippen LogP contribution >= 0.6 is 0 Å². The van der Waals surface area contributed by atoms with Crippen LogP contribution in [0, 0.1) is 5.92 Å². The van der Waals surface area contributed by atoms with Crippen molar-refractivity contribution >= 4 is 28.3 Å². The van der Waals surface area contributed by atoms with Gasteiger partial charge in [-0.25, -0.2) is 4.98 Å². The smallest absolute Gasteiger partial charge is 0.269 e. The first-order valence-corrected chi connectivity index (χ1v) is 9.69. The van der Waals surface area contributed by atoms with E-state index in [0.29, 0.717) is 11.0 Å². The summed E-state index contributed by atoms with van der Waals surface area (Å²) in [6.45, 7) is 4.40. The molecular formula is C22H24N4O2. The van der Waals surface area contributed by atoms with Gasteiger partial charge in [0.15, 0.2) is 0 Å². The largest absolute Gasteiger partial charge is 0.372 e. The van der Waals surface area contributed by atoms with E-state index >= 15 is 0 Å². The van der Waals surface area contributed by atoms with Gasteiger partial charge in [0, 0.05) is 24.5 Å². The number of piperidine rings is 1. The quantitative estimate of drug-likeness (QED) is 0.759. The topological polar surface area (TPSA) is 67.2 Å². The van der Waals surface area contributed by atoms with Gasteiger partial charge in [0.25, 0.3) is 5.56 Å². The van der Waals surface area contributed by atoms with Gasteiger partial charge in [-0.15, -0.1) is 0 Å². The molecule has 1 N–H and O–H groups in total. The molecule has 3 aromatic rings. The molecule has 2 aromatic carbocycles. The molecule has 1 aliphatic rings. The molecule has 1 amide bonds. The lowest BCUT2D eigenvalue weighted by atomic mass is 9.99. The predicted octanol–water partition coefficient (Wildman–Crippen LogP) is 3.27. The second-order valence-corrected chi connectivity index (χ2v) is 7.44. The molecule has 0 aliphatic carbocycles. The van der Waals surface area contributed by atoms with E-state index in [1.807, 2.05) is 42.5 Å². The van der Waals surface area contributed by atoms with E-state index in [1.165, 1.54) is 29.3 Å². The highest BCUT2D eigenvalue weighted by Crippen LogP contribution is 2.24. The molecule has 6 nitrogen and oxygen atoms in total. The van der Waals surface area contributed by atoms with Crippen LogP contribution in [0.3, 0.4) is 0 Å². The van der Waals surface area contributed by atoms with Crippen LogP contribution in [0.4, 0.5) is 11.4 Å². The van der Waals surface area contributed by atoms with E-state index < -0.39 is 0 Å². The number of hydrogen-bond donors (Lipinski definition) is 1. The van der Waals surface area contributed by atoms with Crippen molar-refractivity contribution in [1.29, 1.82) is 0 Å². The summed E-state index contributed by atoms with van der Waals surface area (Å²) in [5, 5.41) is 2.88. The van der Waals surface area contributed by atoms with E-state index in [4.69, 9.17) is 0 Å². The zero-order valence-corrected chi connectivity index (χ0v) is 16.0. The molecule has 1 aliphatic heterocycles. The van der Waals surface area contributed by atoms with Crippen LogP contribution in [0.1, 0.15) is 19.8 Å². The number of para-hydroxylation sites is 2. The average Bonchev–Trinajstić information content (AvgIpc) is 2.71. The summed E-state index contributed by atoms with van der Waals surface area (Å²) in [7, 11) is 0. The fraction of sp³-hybridized carbons (Fsp3) is 0.318. The summed E-state index contributed by atoms with van der Waals surface area (Å²) in [6.07, 6.45) is 3.68. The Balaban J connectivity index is 1.45. The lowest BCUT2D eigenvalue weighted by Gasteiger charge is -2.32. The first-order chi connectivity index (χ1) is 13.6. The minimum absolute atomic E-state index is 0.0480. The van der Waals surface area contributed by atoms with E-state index in [-0.39, 0.29) is 18.0 Å². The normalized spacial score (nSPS) is 15.0. The number of nitrogens with zero attached hydrogens (tertiary/aromatic N) is 3. The van der Waals surface area contributed by atoms with Gasteiger partial charge in [-0.05, 0) is 55.2 Å². The Hall–Kier alpha value is -3.15. The highest BCUT2D eigenvalue weighted by Gasteiger charge is 2.16. The van der Waals surface area contributed by atoms with Crippen molar-refractivity contribution in [1.82, 2.24) is 9.55 Å². The fourth-order valence-corrected chi connectivity index (χ4v) is 3.64. The van der Waals surface area contributed by atoms with E-state index in [2.05, 4.69) is 22.1 Å². The van der Waals surface area contributed by atoms with Crippen LogP contribution in [0.15, 0.2) is 59.5 Å². The second kappa shape index (κ2) is 7.84. The Morgan fingerprint density at radius 2 is 1.82 bits per heavy atom. The van der Waals surface area contributed by atoms with Gasteiger partial charge < -0.3 is 10.2 Å². The zero-order valence-electron chi connectivity index (χ0n) is 16.0. The molecule has 144 valence electrons. The number of amides is 1. The Morgan fingerprint density at radius 1 is 1.11 bits per heavy atom. The number of fused-ring (bicyclic) bond motifs is 1. The van der Waals surface area contributed by atoms with Crippen LogP contribution in [0.5, 0.6) is 0 Å². The summed E-state index contributed by atoms with van der Waals surface area (Å²) in [6, 6.07) is 15.2. The number of anilines is 2. The number of carbonyl (C=O) groups is 1. The number of rotatable bonds is 4. The maximum Gasteiger partial charge on any atom is 0.269 e. The number of nitrogens with one attached hydrogen (secondary N) is 1. The maximum atomic E-state index is 12.5. The van der Waals surface area contributed by atoms with Crippen molar-refractivity contribution in [3.8, 4) is 0 Å². The Bertz CT molecular complexity index is 1030. The van der Waals surface area contributed by atoms with Gasteiger partial charge in [-0.3, -0.25) is 14.2 Å². The molecule has 0 unspecified atom stereocenters. The van der Waals surface area contributed by atoms with Crippen molar-refractivity contribution in [3.05, 3.63) is 65.1 Å². The van der Waals surface area contributed by atoms with Crippen LogP contribution in [0.2, 0.25) is 0 Å². The minimum Gasteiger partial charge on any atom is -0.372 e. The third kappa shape index (κ3) is 3.91. The number of aromatic nitrogens is 2. The lowest BCUT2D eigenvalue weighted by Crippen LogP contribution is -2.32. The molecule has 0 atom stereocenters. The first kappa shape index (κ1) is 18.2. The SMILES string of the molecule is CC1CCN(c2ccc(NC(=O)Cn3c(=O)cnc4ccccc43)cc2)CC1. The van der Waals surface area contributed by atoms with Crippen LogP contribution in [0.25, 0.3) is 11.0 Å². The molecule has 1 aromatic heterocycles. The Labute approximate surface area is 163 Å². The second-order valence-electron chi connectivity index (χ2n) is 7.44. The highest BCUT2D eigenvalue weighted by molar-refractivity contribution is 5.91. The molecule has 0 spiro atoms. The number of benzene rings is 2.